The molecule has 0 aliphatic heterocycles. The number of aromatic hydroxyl groups is 2. The Labute approximate surface area is 170 Å². The zero-order valence-corrected chi connectivity index (χ0v) is 16.3. The molecule has 0 atom stereocenters. The van der Waals surface area contributed by atoms with Gasteiger partial charge in [0.2, 0.25) is 9.84 Å². The summed E-state index contributed by atoms with van der Waals surface area (Å²) >= 11 is 0. The average Bonchev–Trinajstić information content (AvgIpc) is 2.76. The van der Waals surface area contributed by atoms with Crippen LogP contribution >= 0.6 is 0 Å². The van der Waals surface area contributed by atoms with Crippen LogP contribution in [0.25, 0.3) is 11.1 Å². The molecule has 0 amide bonds. The fraction of sp³-hybridized carbons (Fsp3) is 0. The molecule has 0 bridgehead atoms. The van der Waals surface area contributed by atoms with Gasteiger partial charge in [-0.1, -0.05) is 60.7 Å². The highest BCUT2D eigenvalue weighted by molar-refractivity contribution is 7.91. The zero-order valence-electron chi connectivity index (χ0n) is 15.5. The van der Waals surface area contributed by atoms with Crippen LogP contribution in [0.2, 0.25) is 0 Å². The molecular formula is C24H20O4S. The van der Waals surface area contributed by atoms with E-state index >= 15 is 0 Å². The third-order valence-corrected chi connectivity index (χ3v) is 5.96. The fourth-order valence-corrected chi connectivity index (χ4v) is 3.91. The minimum Gasteiger partial charge on any atom is -0.508 e. The van der Waals surface area contributed by atoms with E-state index in [1.807, 2.05) is 12.1 Å². The number of sulfone groups is 1. The third kappa shape index (κ3) is 5.24. The summed E-state index contributed by atoms with van der Waals surface area (Å²) in [5.41, 5.74) is 2.55. The molecule has 146 valence electrons. The van der Waals surface area contributed by atoms with Gasteiger partial charge in [0, 0.05) is 0 Å². The van der Waals surface area contributed by atoms with Crippen molar-refractivity contribution >= 4 is 9.84 Å². The van der Waals surface area contributed by atoms with Crippen LogP contribution in [-0.2, 0) is 9.84 Å². The molecule has 0 aromatic heterocycles. The smallest absolute Gasteiger partial charge is 0.206 e. The fourth-order valence-electron chi connectivity index (χ4n) is 2.65. The summed E-state index contributed by atoms with van der Waals surface area (Å²) in [6, 6.07) is 31.4. The van der Waals surface area contributed by atoms with Gasteiger partial charge in [0.15, 0.2) is 0 Å². The van der Waals surface area contributed by atoms with Gasteiger partial charge in [0.1, 0.15) is 11.5 Å². The molecule has 0 heterocycles. The van der Waals surface area contributed by atoms with E-state index in [2.05, 4.69) is 48.5 Å². The SMILES string of the molecule is O=S(=O)(c1ccc(O)cc1)c1ccc(O)cc1.c1ccc(-c2ccccc2)cc1. The summed E-state index contributed by atoms with van der Waals surface area (Å²) in [5.74, 6) is 0.0179. The van der Waals surface area contributed by atoms with Gasteiger partial charge in [-0.05, 0) is 59.7 Å². The van der Waals surface area contributed by atoms with Crippen LogP contribution in [0.5, 0.6) is 11.5 Å². The lowest BCUT2D eigenvalue weighted by molar-refractivity contribution is 0.474. The van der Waals surface area contributed by atoms with Crippen LogP contribution in [0.3, 0.4) is 0 Å². The standard InChI is InChI=1S/C12H10O4S.C12H10/c13-9-1-5-11(6-2-9)17(15,16)12-7-3-10(14)4-8-12;1-3-7-11(8-4-1)12-9-5-2-6-10-12/h1-8,13-14H;1-10H. The second kappa shape index (κ2) is 9.08. The lowest BCUT2D eigenvalue weighted by Crippen LogP contribution is -2.01. The maximum Gasteiger partial charge on any atom is 0.206 e. The van der Waals surface area contributed by atoms with Crippen LogP contribution < -0.4 is 0 Å². The Hall–Kier alpha value is -3.57. The van der Waals surface area contributed by atoms with Crippen molar-refractivity contribution in [3.63, 3.8) is 0 Å². The Balaban J connectivity index is 0.000000176. The summed E-state index contributed by atoms with van der Waals surface area (Å²) in [6.07, 6.45) is 0. The van der Waals surface area contributed by atoms with E-state index in [0.717, 1.165) is 0 Å². The van der Waals surface area contributed by atoms with E-state index in [0.29, 0.717) is 0 Å². The summed E-state index contributed by atoms with van der Waals surface area (Å²) in [4.78, 5) is 0.196. The molecule has 4 rings (SSSR count). The van der Waals surface area contributed by atoms with Crippen LogP contribution in [0.1, 0.15) is 0 Å². The number of benzene rings is 4. The van der Waals surface area contributed by atoms with E-state index in [9.17, 15) is 8.42 Å². The largest absolute Gasteiger partial charge is 0.508 e. The van der Waals surface area contributed by atoms with Crippen molar-refractivity contribution in [3.05, 3.63) is 109 Å². The Morgan fingerprint density at radius 1 is 0.448 bits per heavy atom. The molecule has 4 aromatic rings. The van der Waals surface area contributed by atoms with E-state index < -0.39 is 9.84 Å². The second-order valence-corrected chi connectivity index (χ2v) is 8.17. The molecule has 0 unspecified atom stereocenters. The van der Waals surface area contributed by atoms with Crippen molar-refractivity contribution in [1.82, 2.24) is 0 Å². The van der Waals surface area contributed by atoms with Crippen LogP contribution in [0.15, 0.2) is 119 Å². The van der Waals surface area contributed by atoms with Crippen LogP contribution in [0.4, 0.5) is 0 Å². The normalized spacial score (nSPS) is 10.6. The molecular weight excluding hydrogens is 384 g/mol. The first-order valence-corrected chi connectivity index (χ1v) is 10.4. The van der Waals surface area contributed by atoms with Gasteiger partial charge in [-0.25, -0.2) is 8.42 Å². The third-order valence-electron chi connectivity index (χ3n) is 4.17. The highest BCUT2D eigenvalue weighted by Crippen LogP contribution is 2.24. The Morgan fingerprint density at radius 2 is 0.759 bits per heavy atom. The van der Waals surface area contributed by atoms with E-state index in [-0.39, 0.29) is 21.3 Å². The first kappa shape index (κ1) is 20.2. The lowest BCUT2D eigenvalue weighted by Gasteiger charge is -2.04. The minimum atomic E-state index is -3.59. The van der Waals surface area contributed by atoms with Crippen molar-refractivity contribution in [2.45, 2.75) is 9.79 Å². The average molecular weight is 404 g/mol. The Kier molecular flexibility index (Phi) is 6.32. The Bertz CT molecular complexity index is 1050. The topological polar surface area (TPSA) is 74.6 Å². The quantitative estimate of drug-likeness (QED) is 0.487. The van der Waals surface area contributed by atoms with Crippen molar-refractivity contribution in [3.8, 4) is 22.6 Å². The highest BCUT2D eigenvalue weighted by atomic mass is 32.2. The molecule has 2 N–H and O–H groups in total. The zero-order chi connectivity index (χ0) is 20.7. The van der Waals surface area contributed by atoms with Crippen molar-refractivity contribution in [2.75, 3.05) is 0 Å². The molecule has 5 heteroatoms. The molecule has 0 spiro atoms. The van der Waals surface area contributed by atoms with Gasteiger partial charge in [-0.2, -0.15) is 0 Å². The van der Waals surface area contributed by atoms with Crippen molar-refractivity contribution in [2.24, 2.45) is 0 Å². The number of rotatable bonds is 3. The minimum absolute atomic E-state index is 0.00894. The summed E-state index contributed by atoms with van der Waals surface area (Å²) in [5, 5.41) is 18.2. The molecule has 0 aliphatic carbocycles. The lowest BCUT2D eigenvalue weighted by atomic mass is 10.1. The van der Waals surface area contributed by atoms with E-state index in [1.165, 1.54) is 59.7 Å². The van der Waals surface area contributed by atoms with Gasteiger partial charge in [-0.15, -0.1) is 0 Å². The first-order chi connectivity index (χ1) is 14.0. The predicted octanol–water partition coefficient (Wildman–Crippen LogP) is 5.28. The summed E-state index contributed by atoms with van der Waals surface area (Å²) in [7, 11) is -3.59. The molecule has 0 saturated carbocycles. The highest BCUT2D eigenvalue weighted by Gasteiger charge is 2.17. The maximum atomic E-state index is 12.1. The molecule has 0 saturated heterocycles. The molecule has 0 aliphatic rings. The van der Waals surface area contributed by atoms with Gasteiger partial charge >= 0.3 is 0 Å². The summed E-state index contributed by atoms with van der Waals surface area (Å²) < 4.78 is 24.2. The predicted molar refractivity (Wildman–Crippen MR) is 114 cm³/mol. The van der Waals surface area contributed by atoms with Crippen molar-refractivity contribution < 1.29 is 18.6 Å². The van der Waals surface area contributed by atoms with E-state index in [1.54, 1.807) is 0 Å². The summed E-state index contributed by atoms with van der Waals surface area (Å²) in [6.45, 7) is 0. The molecule has 0 radical (unpaired) electrons. The number of hydrogen-bond donors (Lipinski definition) is 2. The molecule has 0 fully saturated rings. The van der Waals surface area contributed by atoms with Crippen molar-refractivity contribution in [1.29, 1.82) is 0 Å². The monoisotopic (exact) mass is 404 g/mol. The van der Waals surface area contributed by atoms with Gasteiger partial charge in [0.05, 0.1) is 9.79 Å². The molecule has 4 nitrogen and oxygen atoms in total. The maximum absolute atomic E-state index is 12.1. The number of hydrogen-bond acceptors (Lipinski definition) is 4. The van der Waals surface area contributed by atoms with Crippen LogP contribution in [-0.4, -0.2) is 18.6 Å². The van der Waals surface area contributed by atoms with Gasteiger partial charge in [0.25, 0.3) is 0 Å². The Morgan fingerprint density at radius 3 is 1.07 bits per heavy atom. The molecule has 29 heavy (non-hydrogen) atoms. The van der Waals surface area contributed by atoms with Gasteiger partial charge in [-0.3, -0.25) is 0 Å². The first-order valence-electron chi connectivity index (χ1n) is 8.90. The van der Waals surface area contributed by atoms with E-state index in [4.69, 9.17) is 10.2 Å². The number of phenolic OH excluding ortho intramolecular Hbond substituents is 2. The number of phenols is 2. The molecule has 4 aromatic carbocycles. The van der Waals surface area contributed by atoms with Crippen LogP contribution in [0, 0.1) is 0 Å². The second-order valence-electron chi connectivity index (χ2n) is 6.22. The van der Waals surface area contributed by atoms with Gasteiger partial charge < -0.3 is 10.2 Å².